The van der Waals surface area contributed by atoms with Crippen LogP contribution in [0, 0.1) is 0 Å². The zero-order valence-electron chi connectivity index (χ0n) is 31.7. The minimum Gasteiger partial charge on any atom is -0.383 e. The minimum absolute atomic E-state index is 0.459. The third kappa shape index (κ3) is 4.69. The van der Waals surface area contributed by atoms with Gasteiger partial charge in [0.05, 0.1) is 12.4 Å². The lowest BCUT2D eigenvalue weighted by Crippen LogP contribution is -2.53. The maximum absolute atomic E-state index is 7.67. The molecule has 1 aromatic heterocycles. The molecule has 278 valence electrons. The van der Waals surface area contributed by atoms with Crippen LogP contribution in [0.1, 0.15) is 62.1 Å². The second-order valence-electron chi connectivity index (χ2n) is 15.8. The quantitative estimate of drug-likeness (QED) is 0.107. The first-order valence-electron chi connectivity index (χ1n) is 20.0. The molecule has 0 saturated carbocycles. The highest BCUT2D eigenvalue weighted by atomic mass is 35.5. The van der Waals surface area contributed by atoms with Gasteiger partial charge in [0.2, 0.25) is 0 Å². The monoisotopic (exact) mass is 794 g/mol. The van der Waals surface area contributed by atoms with Crippen LogP contribution >= 0.6 is 11.6 Å². The number of halogens is 1. The number of amidine groups is 5. The molecule has 7 aromatic rings. The summed E-state index contributed by atoms with van der Waals surface area (Å²) in [6, 6.07) is 34.8. The molecule has 0 radical (unpaired) electrons. The summed E-state index contributed by atoms with van der Waals surface area (Å²) in [4.78, 5) is 27.2. The molecule has 10 heteroatoms. The number of alkyl halides is 1. The van der Waals surface area contributed by atoms with Crippen LogP contribution < -0.4 is 5.32 Å². The third-order valence-corrected chi connectivity index (χ3v) is 16.1. The molecule has 2 bridgehead atoms. The highest BCUT2D eigenvalue weighted by molar-refractivity contribution is 6.75. The maximum Gasteiger partial charge on any atom is 0.629 e. The van der Waals surface area contributed by atoms with Gasteiger partial charge in [-0.1, -0.05) is 86.0 Å². The van der Waals surface area contributed by atoms with E-state index in [-0.39, 0.29) is 0 Å². The van der Waals surface area contributed by atoms with Crippen LogP contribution in [-0.4, -0.2) is 55.6 Å². The zero-order chi connectivity index (χ0) is 39.1. The van der Waals surface area contributed by atoms with E-state index < -0.39 is 19.0 Å². The van der Waals surface area contributed by atoms with E-state index >= 15 is 0 Å². The standard InChI is InChI=1S/C49H32ClN8.Al/c1-3-27-18-37-38(19-28(27)4-2)45(54-44(37)52-26-50)55-48-41-23-33-15-9-10-16-34(33)24-42(41)49(58-48)57-47-40-22-32-14-8-7-13-31(32)21-39(40)46(56-47)53-43-36-20-30-12-6-5-11-29(30)17-35(36)25-51-43;/h3-8,10-14,16-24,26,52H,1-2,9,15,25H2;/q-2;+2. The fourth-order valence-corrected chi connectivity index (χ4v) is 13.5. The summed E-state index contributed by atoms with van der Waals surface area (Å²) in [6.45, 7) is 8.87. The van der Waals surface area contributed by atoms with E-state index in [2.05, 4.69) is 135 Å². The number of fused-ring (bicyclic) bond motifs is 15. The molecule has 13 rings (SSSR count). The molecular formula is C49H32AlClN8. The number of anilines is 1. The second kappa shape index (κ2) is 12.2. The van der Waals surface area contributed by atoms with Crippen molar-refractivity contribution in [3.8, 4) is 0 Å². The van der Waals surface area contributed by atoms with Crippen LogP contribution in [0.15, 0.2) is 141 Å². The molecule has 0 unspecified atom stereocenters. The summed E-state index contributed by atoms with van der Waals surface area (Å²) in [7, 11) is 0. The van der Waals surface area contributed by atoms with Crippen LogP contribution in [0.5, 0.6) is 0 Å². The number of allylic oxidation sites excluding steroid dienone is 1. The lowest BCUT2D eigenvalue weighted by molar-refractivity contribution is 0.902. The van der Waals surface area contributed by atoms with Gasteiger partial charge in [0.25, 0.3) is 0 Å². The number of benzene rings is 6. The molecule has 59 heavy (non-hydrogen) atoms. The van der Waals surface area contributed by atoms with Crippen molar-refractivity contribution in [2.24, 2.45) is 25.0 Å². The molecule has 0 amide bonds. The highest BCUT2D eigenvalue weighted by Gasteiger charge is 2.54. The van der Waals surface area contributed by atoms with Crippen molar-refractivity contribution in [1.29, 1.82) is 0 Å². The van der Waals surface area contributed by atoms with E-state index in [1.165, 1.54) is 16.5 Å². The van der Waals surface area contributed by atoms with Gasteiger partial charge in [0, 0.05) is 38.6 Å². The zero-order valence-corrected chi connectivity index (χ0v) is 33.7. The molecule has 5 aliphatic heterocycles. The van der Waals surface area contributed by atoms with Gasteiger partial charge in [-0.15, -0.1) is 11.6 Å². The smallest absolute Gasteiger partial charge is 0.383 e. The Morgan fingerprint density at radius 1 is 0.729 bits per heavy atom. The average Bonchev–Trinajstić information content (AvgIpc) is 4.05. The van der Waals surface area contributed by atoms with Gasteiger partial charge in [-0.25, -0.2) is 20.0 Å². The van der Waals surface area contributed by atoms with Gasteiger partial charge in [0.1, 0.15) is 21.9 Å². The number of nitrogens with zero attached hydrogens (tertiary/aromatic N) is 7. The summed E-state index contributed by atoms with van der Waals surface area (Å²) < 4.78 is 4.25. The van der Waals surface area contributed by atoms with Crippen LogP contribution in [0.3, 0.4) is 0 Å². The van der Waals surface area contributed by atoms with Gasteiger partial charge >= 0.3 is 14.6 Å². The molecular weight excluding hydrogens is 763 g/mol. The molecule has 0 spiro atoms. The molecule has 6 heterocycles. The Kier molecular flexibility index (Phi) is 6.90. The van der Waals surface area contributed by atoms with Crippen LogP contribution in [0.25, 0.3) is 50.5 Å². The third-order valence-electron chi connectivity index (χ3n) is 12.6. The molecule has 0 saturated heterocycles. The Balaban J connectivity index is 1.14. The topological polar surface area (TPSA) is 82.0 Å². The Hall–Kier alpha value is -6.63. The van der Waals surface area contributed by atoms with E-state index in [9.17, 15) is 0 Å². The molecule has 8 nitrogen and oxygen atoms in total. The van der Waals surface area contributed by atoms with E-state index in [4.69, 9.17) is 36.6 Å². The van der Waals surface area contributed by atoms with Gasteiger partial charge < -0.3 is 12.8 Å². The summed E-state index contributed by atoms with van der Waals surface area (Å²) in [6.07, 6.45) is 10.2. The van der Waals surface area contributed by atoms with Gasteiger partial charge in [-0.2, -0.15) is 0 Å². The predicted octanol–water partition coefficient (Wildman–Crippen LogP) is 10.4. The minimum atomic E-state index is -2.65. The number of nitrogens with one attached hydrogen (secondary N) is 1. The first-order valence-corrected chi connectivity index (χ1v) is 22.1. The van der Waals surface area contributed by atoms with Crippen molar-refractivity contribution in [3.63, 3.8) is 0 Å². The van der Waals surface area contributed by atoms with Crippen molar-refractivity contribution in [2.45, 2.75) is 23.7 Å². The summed E-state index contributed by atoms with van der Waals surface area (Å²) in [5.41, 5.74) is 10.6. The summed E-state index contributed by atoms with van der Waals surface area (Å²) >= 11 is 5.03. The van der Waals surface area contributed by atoms with Crippen molar-refractivity contribution < 1.29 is 0 Å². The van der Waals surface area contributed by atoms with E-state index in [1.54, 1.807) is 0 Å². The Labute approximate surface area is 349 Å². The fraction of sp³-hybridized carbons (Fsp3) is 0.0816. The van der Waals surface area contributed by atoms with Gasteiger partial charge in [-0.3, -0.25) is 4.99 Å². The van der Waals surface area contributed by atoms with Gasteiger partial charge in [0.15, 0.2) is 17.5 Å². The van der Waals surface area contributed by atoms with Crippen LogP contribution in [-0.2, 0) is 13.0 Å². The largest absolute Gasteiger partial charge is 0.629 e. The molecule has 0 fully saturated rings. The summed E-state index contributed by atoms with van der Waals surface area (Å²) in [5, 5.41) is 10.3. The Morgan fingerprint density at radius 2 is 1.41 bits per heavy atom. The normalized spacial score (nSPS) is 19.3. The van der Waals surface area contributed by atoms with Crippen molar-refractivity contribution >= 4 is 118 Å². The maximum atomic E-state index is 7.67. The van der Waals surface area contributed by atoms with Crippen molar-refractivity contribution in [2.75, 3.05) is 5.32 Å². The molecule has 6 aliphatic rings. The first kappa shape index (κ1) is 33.4. The van der Waals surface area contributed by atoms with E-state index in [0.29, 0.717) is 24.1 Å². The molecule has 1 N–H and O–H groups in total. The number of aryl methyl sites for hydroxylation is 1. The van der Waals surface area contributed by atoms with Gasteiger partial charge in [-0.05, 0) is 111 Å². The molecule has 1 aliphatic carbocycles. The Morgan fingerprint density at radius 3 is 2.17 bits per heavy atom. The number of hydrogen-bond acceptors (Lipinski definition) is 6. The van der Waals surface area contributed by atoms with Crippen LogP contribution in [0.4, 0.5) is 11.6 Å². The lowest BCUT2D eigenvalue weighted by Gasteiger charge is -2.27. The number of hydrogen-bond donors (Lipinski definition) is 1. The fourth-order valence-electron chi connectivity index (χ4n) is 9.79. The number of rotatable bonds is 2. The van der Waals surface area contributed by atoms with E-state index in [1.807, 2.05) is 12.2 Å². The number of aliphatic imine (C=N–C) groups is 5. The second-order valence-corrected chi connectivity index (χ2v) is 19.2. The predicted molar refractivity (Wildman–Crippen MR) is 246 cm³/mol. The summed E-state index contributed by atoms with van der Waals surface area (Å²) in [5.74, 6) is 5.27. The van der Waals surface area contributed by atoms with E-state index in [0.717, 1.165) is 108 Å². The molecule has 6 aromatic carbocycles. The first-order chi connectivity index (χ1) is 29.0. The average molecular weight is 795 g/mol. The SMILES string of the molecule is C=Cc1cc2c3[n]4c(c2cc1C=C)N[C@H](Cl)[Al]4[N]1C(=NC2=NCc4cc5ccccc5cc42)c2cc4ccccc4cc2C1=NC1=N/C(=N\3)c2cc3c(cc21)C=CCC3. The molecule has 1 atom stereocenters. The van der Waals surface area contributed by atoms with Crippen molar-refractivity contribution in [3.05, 3.63) is 172 Å². The van der Waals surface area contributed by atoms with Crippen molar-refractivity contribution in [1.82, 2.24) is 7.43 Å². The highest BCUT2D eigenvalue weighted by Crippen LogP contribution is 2.46. The van der Waals surface area contributed by atoms with Crippen LogP contribution in [0.2, 0.25) is 0 Å². The number of aromatic nitrogens is 1. The Bertz CT molecular complexity index is 3360. The lowest BCUT2D eigenvalue weighted by atomic mass is 9.92.